The number of carbonyl (C=O) groups is 1. The molecule has 0 spiro atoms. The maximum absolute atomic E-state index is 13.0. The highest BCUT2D eigenvalue weighted by molar-refractivity contribution is 14.1. The lowest BCUT2D eigenvalue weighted by molar-refractivity contribution is 0.251. The van der Waals surface area contributed by atoms with E-state index in [1.807, 2.05) is 24.3 Å². The Labute approximate surface area is 124 Å². The van der Waals surface area contributed by atoms with E-state index >= 15 is 0 Å². The molecule has 2 aromatic rings. The van der Waals surface area contributed by atoms with Crippen LogP contribution in [-0.4, -0.2) is 6.03 Å². The van der Waals surface area contributed by atoms with Gasteiger partial charge in [0.15, 0.2) is 0 Å². The van der Waals surface area contributed by atoms with Crippen LogP contribution >= 0.6 is 22.6 Å². The molecule has 0 saturated carbocycles. The van der Waals surface area contributed by atoms with E-state index in [2.05, 4.69) is 33.2 Å². The lowest BCUT2D eigenvalue weighted by Gasteiger charge is -2.09. The largest absolute Gasteiger partial charge is 0.334 e. The van der Waals surface area contributed by atoms with Gasteiger partial charge in [-0.25, -0.2) is 9.18 Å². The molecule has 0 aliphatic carbocycles. The number of hydrogen-bond acceptors (Lipinski definition) is 1. The summed E-state index contributed by atoms with van der Waals surface area (Å²) < 4.78 is 13.9. The second-order valence-electron chi connectivity index (χ2n) is 3.92. The zero-order chi connectivity index (χ0) is 13.7. The Morgan fingerprint density at radius 2 is 1.95 bits per heavy atom. The van der Waals surface area contributed by atoms with Gasteiger partial charge in [-0.15, -0.1) is 0 Å². The van der Waals surface area contributed by atoms with E-state index in [1.54, 1.807) is 12.1 Å². The van der Waals surface area contributed by atoms with Crippen molar-refractivity contribution in [3.05, 3.63) is 63.5 Å². The van der Waals surface area contributed by atoms with Gasteiger partial charge in [-0.3, -0.25) is 0 Å². The zero-order valence-electron chi connectivity index (χ0n) is 9.99. The summed E-state index contributed by atoms with van der Waals surface area (Å²) in [6, 6.07) is 13.3. The second kappa shape index (κ2) is 6.51. The summed E-state index contributed by atoms with van der Waals surface area (Å²) >= 11 is 2.15. The SMILES string of the molecule is O=C(NCc1cccc(F)c1)Nc1ccccc1I. The van der Waals surface area contributed by atoms with Crippen molar-refractivity contribution in [1.29, 1.82) is 0 Å². The first-order valence-corrected chi connectivity index (χ1v) is 6.77. The number of amides is 2. The molecule has 2 amide bonds. The van der Waals surface area contributed by atoms with Gasteiger partial charge in [-0.1, -0.05) is 24.3 Å². The predicted octanol–water partition coefficient (Wildman–Crippen LogP) is 3.75. The van der Waals surface area contributed by atoms with Gasteiger partial charge >= 0.3 is 6.03 Å². The molecule has 0 aromatic heterocycles. The summed E-state index contributed by atoms with van der Waals surface area (Å²) in [5.74, 6) is -0.308. The lowest BCUT2D eigenvalue weighted by atomic mass is 10.2. The Bertz CT molecular complexity index is 589. The standard InChI is InChI=1S/C14H12FIN2O/c15-11-5-3-4-10(8-11)9-17-14(19)18-13-7-2-1-6-12(13)16/h1-8H,9H2,(H2,17,18,19). The number of nitrogens with one attached hydrogen (secondary N) is 2. The van der Waals surface area contributed by atoms with Crippen molar-refractivity contribution in [2.75, 3.05) is 5.32 Å². The van der Waals surface area contributed by atoms with Gasteiger partial charge in [0.25, 0.3) is 0 Å². The first-order valence-electron chi connectivity index (χ1n) is 5.69. The fraction of sp³-hybridized carbons (Fsp3) is 0.0714. The Balaban J connectivity index is 1.90. The predicted molar refractivity (Wildman–Crippen MR) is 81.4 cm³/mol. The van der Waals surface area contributed by atoms with E-state index in [0.29, 0.717) is 0 Å². The molecule has 0 saturated heterocycles. The number of urea groups is 1. The molecule has 0 aliphatic rings. The lowest BCUT2D eigenvalue weighted by Crippen LogP contribution is -2.28. The molecule has 0 aliphatic heterocycles. The van der Waals surface area contributed by atoms with Gasteiger partial charge in [0, 0.05) is 10.1 Å². The molecule has 98 valence electrons. The Morgan fingerprint density at radius 3 is 2.68 bits per heavy atom. The molecule has 19 heavy (non-hydrogen) atoms. The molecule has 2 N–H and O–H groups in total. The average molecular weight is 370 g/mol. The number of hydrogen-bond donors (Lipinski definition) is 2. The van der Waals surface area contributed by atoms with E-state index in [1.165, 1.54) is 12.1 Å². The molecule has 0 atom stereocenters. The maximum Gasteiger partial charge on any atom is 0.319 e. The number of para-hydroxylation sites is 1. The van der Waals surface area contributed by atoms with Crippen molar-refractivity contribution in [2.24, 2.45) is 0 Å². The Morgan fingerprint density at radius 1 is 1.16 bits per heavy atom. The number of carbonyl (C=O) groups excluding carboxylic acids is 1. The smallest absolute Gasteiger partial charge is 0.319 e. The zero-order valence-corrected chi connectivity index (χ0v) is 12.1. The average Bonchev–Trinajstić information content (AvgIpc) is 2.39. The normalized spacial score (nSPS) is 10.0. The van der Waals surface area contributed by atoms with Crippen molar-refractivity contribution >= 4 is 34.3 Å². The molecule has 0 bridgehead atoms. The third kappa shape index (κ3) is 4.20. The van der Waals surface area contributed by atoms with Gasteiger partial charge in [0.05, 0.1) is 5.69 Å². The van der Waals surface area contributed by atoms with Gasteiger partial charge in [0.1, 0.15) is 5.82 Å². The molecule has 3 nitrogen and oxygen atoms in total. The summed E-state index contributed by atoms with van der Waals surface area (Å²) in [6.45, 7) is 0.285. The van der Waals surface area contributed by atoms with E-state index in [0.717, 1.165) is 14.8 Å². The molecular formula is C14H12FIN2O. The number of halogens is 2. The van der Waals surface area contributed by atoms with Crippen LogP contribution in [0.2, 0.25) is 0 Å². The first-order chi connectivity index (χ1) is 9.15. The van der Waals surface area contributed by atoms with E-state index < -0.39 is 0 Å². The molecule has 0 radical (unpaired) electrons. The first kappa shape index (κ1) is 13.8. The van der Waals surface area contributed by atoms with Crippen LogP contribution in [0.4, 0.5) is 14.9 Å². The Hall–Kier alpha value is -1.63. The van der Waals surface area contributed by atoms with Crippen LogP contribution in [0.3, 0.4) is 0 Å². The van der Waals surface area contributed by atoms with Crippen LogP contribution in [0.1, 0.15) is 5.56 Å². The fourth-order valence-electron chi connectivity index (χ4n) is 1.56. The van der Waals surface area contributed by atoms with Gasteiger partial charge in [-0.2, -0.15) is 0 Å². The minimum Gasteiger partial charge on any atom is -0.334 e. The fourth-order valence-corrected chi connectivity index (χ4v) is 2.08. The van der Waals surface area contributed by atoms with E-state index in [-0.39, 0.29) is 18.4 Å². The number of anilines is 1. The van der Waals surface area contributed by atoms with Crippen molar-refractivity contribution in [1.82, 2.24) is 5.32 Å². The molecule has 2 rings (SSSR count). The van der Waals surface area contributed by atoms with Crippen LogP contribution in [0, 0.1) is 9.39 Å². The van der Waals surface area contributed by atoms with E-state index in [4.69, 9.17) is 0 Å². The number of rotatable bonds is 3. The minimum atomic E-state index is -0.312. The number of benzene rings is 2. The quantitative estimate of drug-likeness (QED) is 0.794. The molecule has 5 heteroatoms. The highest BCUT2D eigenvalue weighted by atomic mass is 127. The van der Waals surface area contributed by atoms with Gasteiger partial charge < -0.3 is 10.6 Å². The third-order valence-electron chi connectivity index (χ3n) is 2.46. The highest BCUT2D eigenvalue weighted by Gasteiger charge is 2.04. The van der Waals surface area contributed by atoms with Gasteiger partial charge in [0.2, 0.25) is 0 Å². The van der Waals surface area contributed by atoms with Crippen LogP contribution in [0.25, 0.3) is 0 Å². The summed E-state index contributed by atoms with van der Waals surface area (Å²) in [7, 11) is 0. The van der Waals surface area contributed by atoms with Crippen LogP contribution < -0.4 is 10.6 Å². The second-order valence-corrected chi connectivity index (χ2v) is 5.08. The van der Waals surface area contributed by atoms with Gasteiger partial charge in [-0.05, 0) is 52.4 Å². The highest BCUT2D eigenvalue weighted by Crippen LogP contribution is 2.16. The molecular weight excluding hydrogens is 358 g/mol. The molecule has 0 unspecified atom stereocenters. The van der Waals surface area contributed by atoms with Crippen molar-refractivity contribution in [2.45, 2.75) is 6.54 Å². The summed E-state index contributed by atoms with van der Waals surface area (Å²) in [5.41, 5.74) is 1.47. The summed E-state index contributed by atoms with van der Waals surface area (Å²) in [4.78, 5) is 11.7. The summed E-state index contributed by atoms with van der Waals surface area (Å²) in [6.07, 6.45) is 0. The third-order valence-corrected chi connectivity index (χ3v) is 3.40. The van der Waals surface area contributed by atoms with Crippen molar-refractivity contribution < 1.29 is 9.18 Å². The van der Waals surface area contributed by atoms with Crippen LogP contribution in [0.5, 0.6) is 0 Å². The summed E-state index contributed by atoms with van der Waals surface area (Å²) in [5, 5.41) is 5.43. The van der Waals surface area contributed by atoms with Crippen LogP contribution in [0.15, 0.2) is 48.5 Å². The molecule has 0 heterocycles. The van der Waals surface area contributed by atoms with Crippen molar-refractivity contribution in [3.63, 3.8) is 0 Å². The van der Waals surface area contributed by atoms with E-state index in [9.17, 15) is 9.18 Å². The molecule has 2 aromatic carbocycles. The van der Waals surface area contributed by atoms with Crippen molar-refractivity contribution in [3.8, 4) is 0 Å². The molecule has 0 fully saturated rings. The minimum absolute atomic E-state index is 0.285. The monoisotopic (exact) mass is 370 g/mol. The van der Waals surface area contributed by atoms with Crippen LogP contribution in [-0.2, 0) is 6.54 Å². The topological polar surface area (TPSA) is 41.1 Å². The Kier molecular flexibility index (Phi) is 4.73. The maximum atomic E-state index is 13.0.